The summed E-state index contributed by atoms with van der Waals surface area (Å²) in [5, 5.41) is 23.3. The Morgan fingerprint density at radius 1 is 0.935 bits per heavy atom. The van der Waals surface area contributed by atoms with E-state index < -0.39 is 0 Å². The lowest BCUT2D eigenvalue weighted by Gasteiger charge is -2.17. The van der Waals surface area contributed by atoms with Gasteiger partial charge in [-0.1, -0.05) is 38.1 Å². The van der Waals surface area contributed by atoms with Crippen LogP contribution in [0.2, 0.25) is 0 Å². The number of carbonyl (C=O) groups is 2. The molecule has 2 atom stereocenters. The first-order valence-corrected chi connectivity index (χ1v) is 10.5. The van der Waals surface area contributed by atoms with Crippen molar-refractivity contribution in [2.24, 2.45) is 11.8 Å². The lowest BCUT2D eigenvalue weighted by Crippen LogP contribution is -2.20. The third-order valence-electron chi connectivity index (χ3n) is 5.83. The standard InChI is InChI=1S/C25H28O6/c1-4-16(25(29)30-3)10-9-15(2)24(28)31-14-22-18-7-5-6-8-19(18)23(27)20-12-11-17(26)13-21(20)22/h5-8,11-13,15-16,26-27H,4,9-10,14H2,1-3H3. The molecule has 0 saturated carbocycles. The van der Waals surface area contributed by atoms with Gasteiger partial charge in [0.25, 0.3) is 0 Å². The number of methoxy groups -OCH3 is 1. The summed E-state index contributed by atoms with van der Waals surface area (Å²) >= 11 is 0. The van der Waals surface area contributed by atoms with Gasteiger partial charge in [-0.3, -0.25) is 9.59 Å². The topological polar surface area (TPSA) is 93.1 Å². The van der Waals surface area contributed by atoms with Crippen LogP contribution >= 0.6 is 0 Å². The van der Waals surface area contributed by atoms with E-state index in [1.165, 1.54) is 13.2 Å². The summed E-state index contributed by atoms with van der Waals surface area (Å²) in [6, 6.07) is 12.1. The number of fused-ring (bicyclic) bond motifs is 2. The highest BCUT2D eigenvalue weighted by molar-refractivity contribution is 6.08. The average molecular weight is 424 g/mol. The molecule has 6 heteroatoms. The SMILES string of the molecule is CCC(CCC(C)C(=O)OCc1c2ccccc2c(O)c2ccc(O)cc12)C(=O)OC. The second-order valence-corrected chi connectivity index (χ2v) is 7.82. The van der Waals surface area contributed by atoms with Gasteiger partial charge in [-0.25, -0.2) is 0 Å². The van der Waals surface area contributed by atoms with Crippen LogP contribution in [0.5, 0.6) is 11.5 Å². The Morgan fingerprint density at radius 2 is 1.61 bits per heavy atom. The minimum atomic E-state index is -0.373. The monoisotopic (exact) mass is 424 g/mol. The Bertz CT molecular complexity index is 1100. The fraction of sp³-hybridized carbons (Fsp3) is 0.360. The predicted octanol–water partition coefficient (Wildman–Crippen LogP) is 5.06. The summed E-state index contributed by atoms with van der Waals surface area (Å²) in [7, 11) is 1.37. The molecule has 0 heterocycles. The van der Waals surface area contributed by atoms with Gasteiger partial charge in [0.05, 0.1) is 18.9 Å². The van der Waals surface area contributed by atoms with Gasteiger partial charge in [-0.2, -0.15) is 0 Å². The molecule has 0 saturated heterocycles. The first-order valence-electron chi connectivity index (χ1n) is 10.5. The van der Waals surface area contributed by atoms with Crippen molar-refractivity contribution in [3.05, 3.63) is 48.0 Å². The normalized spacial score (nSPS) is 13.1. The molecule has 0 aliphatic carbocycles. The van der Waals surface area contributed by atoms with Gasteiger partial charge < -0.3 is 19.7 Å². The summed E-state index contributed by atoms with van der Waals surface area (Å²) in [6.07, 6.45) is 1.73. The molecule has 3 aromatic carbocycles. The zero-order valence-electron chi connectivity index (χ0n) is 18.1. The highest BCUT2D eigenvalue weighted by Crippen LogP contribution is 2.39. The van der Waals surface area contributed by atoms with Crippen LogP contribution in [-0.2, 0) is 25.7 Å². The van der Waals surface area contributed by atoms with Gasteiger partial charge in [-0.05, 0) is 48.2 Å². The van der Waals surface area contributed by atoms with Gasteiger partial charge in [0, 0.05) is 16.3 Å². The molecule has 0 radical (unpaired) electrons. The molecule has 0 fully saturated rings. The zero-order valence-corrected chi connectivity index (χ0v) is 18.1. The maximum absolute atomic E-state index is 12.6. The molecule has 3 aromatic rings. The molecule has 2 N–H and O–H groups in total. The van der Waals surface area contributed by atoms with Gasteiger partial charge in [0.2, 0.25) is 0 Å². The summed E-state index contributed by atoms with van der Waals surface area (Å²) < 4.78 is 10.4. The first kappa shape index (κ1) is 22.4. The Morgan fingerprint density at radius 3 is 2.29 bits per heavy atom. The Hall–Kier alpha value is -3.28. The summed E-state index contributed by atoms with van der Waals surface area (Å²) in [4.78, 5) is 24.4. The van der Waals surface area contributed by atoms with Crippen molar-refractivity contribution in [2.75, 3.05) is 7.11 Å². The van der Waals surface area contributed by atoms with E-state index in [2.05, 4.69) is 0 Å². The number of phenols is 2. The Balaban J connectivity index is 1.81. The third-order valence-corrected chi connectivity index (χ3v) is 5.83. The van der Waals surface area contributed by atoms with Gasteiger partial charge in [0.1, 0.15) is 18.1 Å². The lowest BCUT2D eigenvalue weighted by atomic mass is 9.94. The second-order valence-electron chi connectivity index (χ2n) is 7.82. The summed E-state index contributed by atoms with van der Waals surface area (Å²) in [6.45, 7) is 3.71. The lowest BCUT2D eigenvalue weighted by molar-refractivity contribution is -0.151. The summed E-state index contributed by atoms with van der Waals surface area (Å²) in [5.74, 6) is -1.02. The van der Waals surface area contributed by atoms with Crippen LogP contribution in [0.25, 0.3) is 21.5 Å². The molecule has 0 aliphatic rings. The molecule has 31 heavy (non-hydrogen) atoms. The minimum absolute atomic E-state index is 0.0120. The fourth-order valence-corrected chi connectivity index (χ4v) is 3.90. The van der Waals surface area contributed by atoms with Crippen molar-refractivity contribution in [1.29, 1.82) is 0 Å². The van der Waals surface area contributed by atoms with E-state index in [1.807, 2.05) is 31.2 Å². The van der Waals surface area contributed by atoms with E-state index in [9.17, 15) is 19.8 Å². The quantitative estimate of drug-likeness (QED) is 0.388. The van der Waals surface area contributed by atoms with Crippen LogP contribution in [-0.4, -0.2) is 29.3 Å². The third kappa shape index (κ3) is 4.74. The highest BCUT2D eigenvalue weighted by atomic mass is 16.5. The van der Waals surface area contributed by atoms with E-state index in [4.69, 9.17) is 9.47 Å². The number of benzene rings is 3. The van der Waals surface area contributed by atoms with E-state index in [1.54, 1.807) is 19.1 Å². The van der Waals surface area contributed by atoms with Gasteiger partial charge in [-0.15, -0.1) is 0 Å². The molecule has 0 aromatic heterocycles. The maximum atomic E-state index is 12.6. The zero-order chi connectivity index (χ0) is 22.5. The van der Waals surface area contributed by atoms with E-state index in [-0.39, 0.29) is 41.9 Å². The van der Waals surface area contributed by atoms with Gasteiger partial charge in [0.15, 0.2) is 0 Å². The number of phenolic OH excluding ortho intramolecular Hbond substituents is 2. The van der Waals surface area contributed by atoms with E-state index in [0.29, 0.717) is 35.4 Å². The molecular formula is C25H28O6. The molecule has 2 unspecified atom stereocenters. The minimum Gasteiger partial charge on any atom is -0.508 e. The van der Waals surface area contributed by atoms with Crippen molar-refractivity contribution in [3.8, 4) is 11.5 Å². The number of rotatable bonds is 8. The molecular weight excluding hydrogens is 396 g/mol. The van der Waals surface area contributed by atoms with E-state index in [0.717, 1.165) is 10.9 Å². The van der Waals surface area contributed by atoms with Crippen molar-refractivity contribution < 1.29 is 29.3 Å². The molecule has 164 valence electrons. The van der Waals surface area contributed by atoms with Crippen LogP contribution in [0.1, 0.15) is 38.7 Å². The fourth-order valence-electron chi connectivity index (χ4n) is 3.90. The van der Waals surface area contributed by atoms with Crippen molar-refractivity contribution >= 4 is 33.5 Å². The van der Waals surface area contributed by atoms with Crippen LogP contribution in [0.3, 0.4) is 0 Å². The maximum Gasteiger partial charge on any atom is 0.308 e. The molecule has 6 nitrogen and oxygen atoms in total. The predicted molar refractivity (Wildman–Crippen MR) is 119 cm³/mol. The van der Waals surface area contributed by atoms with Gasteiger partial charge >= 0.3 is 11.9 Å². The van der Waals surface area contributed by atoms with Crippen LogP contribution in [0.4, 0.5) is 0 Å². The van der Waals surface area contributed by atoms with Crippen LogP contribution in [0.15, 0.2) is 42.5 Å². The van der Waals surface area contributed by atoms with Crippen molar-refractivity contribution in [3.63, 3.8) is 0 Å². The van der Waals surface area contributed by atoms with Crippen LogP contribution < -0.4 is 0 Å². The van der Waals surface area contributed by atoms with Crippen molar-refractivity contribution in [2.45, 2.75) is 39.7 Å². The number of carbonyl (C=O) groups excluding carboxylic acids is 2. The number of hydrogen-bond donors (Lipinski definition) is 2. The highest BCUT2D eigenvalue weighted by Gasteiger charge is 2.22. The molecule has 0 spiro atoms. The number of esters is 2. The Kier molecular flexibility index (Phi) is 7.00. The number of aromatic hydroxyl groups is 2. The smallest absolute Gasteiger partial charge is 0.308 e. The molecule has 0 bridgehead atoms. The molecule has 0 amide bonds. The summed E-state index contributed by atoms with van der Waals surface area (Å²) in [5.41, 5.74) is 0.723. The first-order chi connectivity index (χ1) is 14.9. The number of hydrogen-bond acceptors (Lipinski definition) is 6. The second kappa shape index (κ2) is 9.69. The Labute approximate surface area is 181 Å². The largest absolute Gasteiger partial charge is 0.508 e. The van der Waals surface area contributed by atoms with Crippen molar-refractivity contribution in [1.82, 2.24) is 0 Å². The average Bonchev–Trinajstić information content (AvgIpc) is 2.78. The molecule has 3 rings (SSSR count). The number of ether oxygens (including phenoxy) is 2. The van der Waals surface area contributed by atoms with Crippen LogP contribution in [0, 0.1) is 11.8 Å². The van der Waals surface area contributed by atoms with E-state index >= 15 is 0 Å². The molecule has 0 aliphatic heterocycles.